The molecule has 0 saturated carbocycles. The highest BCUT2D eigenvalue weighted by Gasteiger charge is 2.26. The number of hydrogen-bond acceptors (Lipinski definition) is 6. The first-order valence-electron chi connectivity index (χ1n) is 8.93. The van der Waals surface area contributed by atoms with Crippen LogP contribution in [0.15, 0.2) is 46.1 Å². The number of aryl methyl sites for hydroxylation is 1. The fourth-order valence-corrected chi connectivity index (χ4v) is 3.70. The van der Waals surface area contributed by atoms with E-state index >= 15 is 0 Å². The Morgan fingerprint density at radius 3 is 2.61 bits per heavy atom. The molecule has 2 heterocycles. The number of anilines is 1. The van der Waals surface area contributed by atoms with E-state index in [1.165, 1.54) is 22.9 Å². The van der Waals surface area contributed by atoms with Gasteiger partial charge in [0.1, 0.15) is 5.82 Å². The minimum Gasteiger partial charge on any atom is -0.354 e. The lowest BCUT2D eigenvalue weighted by Gasteiger charge is -2.32. The van der Waals surface area contributed by atoms with Crippen molar-refractivity contribution in [3.8, 4) is 0 Å². The van der Waals surface area contributed by atoms with Gasteiger partial charge in [-0.15, -0.1) is 0 Å². The number of aromatic nitrogens is 2. The van der Waals surface area contributed by atoms with E-state index in [4.69, 9.17) is 5.14 Å². The minimum atomic E-state index is -3.73. The largest absolute Gasteiger partial charge is 0.354 e. The first kappa shape index (κ1) is 20.0. The Labute approximate surface area is 163 Å². The average Bonchev–Trinajstić information content (AvgIpc) is 2.68. The number of primary sulfonamides is 1. The van der Waals surface area contributed by atoms with E-state index < -0.39 is 10.0 Å². The van der Waals surface area contributed by atoms with Gasteiger partial charge in [-0.3, -0.25) is 9.59 Å². The zero-order valence-electron chi connectivity index (χ0n) is 15.5. The summed E-state index contributed by atoms with van der Waals surface area (Å²) in [5.74, 6) is 0.430. The molecule has 1 fully saturated rings. The Bertz CT molecular complexity index is 1020. The molecule has 150 valence electrons. The number of nitrogens with one attached hydrogen (secondary N) is 1. The second-order valence-electron chi connectivity index (χ2n) is 6.85. The van der Waals surface area contributed by atoms with E-state index in [-0.39, 0.29) is 22.3 Å². The Hall–Kier alpha value is -2.72. The summed E-state index contributed by atoms with van der Waals surface area (Å²) >= 11 is 0. The van der Waals surface area contributed by atoms with Gasteiger partial charge in [0.05, 0.1) is 10.8 Å². The standard InChI is InChI=1S/C18H23N5O4S/c1-22-17(24)9-8-16(21-22)23-10-2-3-14(12-23)18(25)20-11-13-4-6-15(7-5-13)28(19,26)27/h4-9,14H,2-3,10-12H2,1H3,(H,20,25)(H2,19,26,27)/t14-/m0/s1. The number of hydrogen-bond donors (Lipinski definition) is 2. The maximum absolute atomic E-state index is 12.6. The minimum absolute atomic E-state index is 0.0373. The lowest BCUT2D eigenvalue weighted by molar-refractivity contribution is -0.125. The van der Waals surface area contributed by atoms with Gasteiger partial charge in [-0.05, 0) is 36.6 Å². The molecule has 0 spiro atoms. The van der Waals surface area contributed by atoms with Crippen LogP contribution in [-0.2, 0) is 28.4 Å². The third-order valence-electron chi connectivity index (χ3n) is 4.78. The van der Waals surface area contributed by atoms with E-state index in [1.54, 1.807) is 25.2 Å². The normalized spacial score (nSPS) is 17.4. The van der Waals surface area contributed by atoms with Crippen molar-refractivity contribution in [2.75, 3.05) is 18.0 Å². The summed E-state index contributed by atoms with van der Waals surface area (Å²) in [6.45, 7) is 1.61. The number of benzene rings is 1. The van der Waals surface area contributed by atoms with Crippen molar-refractivity contribution in [2.45, 2.75) is 24.3 Å². The monoisotopic (exact) mass is 405 g/mol. The quantitative estimate of drug-likeness (QED) is 0.719. The summed E-state index contributed by atoms with van der Waals surface area (Å²) in [7, 11) is -2.13. The number of carbonyl (C=O) groups is 1. The molecule has 28 heavy (non-hydrogen) atoms. The molecule has 1 aromatic heterocycles. The van der Waals surface area contributed by atoms with Gasteiger partial charge in [-0.2, -0.15) is 5.10 Å². The van der Waals surface area contributed by atoms with Crippen molar-refractivity contribution in [3.63, 3.8) is 0 Å². The number of amides is 1. The van der Waals surface area contributed by atoms with E-state index in [1.807, 2.05) is 4.90 Å². The second kappa shape index (κ2) is 8.11. The summed E-state index contributed by atoms with van der Waals surface area (Å²) in [4.78, 5) is 26.1. The Morgan fingerprint density at radius 1 is 1.25 bits per heavy atom. The molecule has 0 unspecified atom stereocenters. The van der Waals surface area contributed by atoms with Gasteiger partial charge in [0.15, 0.2) is 0 Å². The molecule has 0 aliphatic carbocycles. The van der Waals surface area contributed by atoms with Gasteiger partial charge in [0.25, 0.3) is 5.56 Å². The van der Waals surface area contributed by atoms with Gasteiger partial charge in [0.2, 0.25) is 15.9 Å². The summed E-state index contributed by atoms with van der Waals surface area (Å²) in [6, 6.07) is 9.24. The van der Waals surface area contributed by atoms with Crippen molar-refractivity contribution >= 4 is 21.7 Å². The van der Waals surface area contributed by atoms with Crippen LogP contribution in [0.1, 0.15) is 18.4 Å². The molecule has 10 heteroatoms. The van der Waals surface area contributed by atoms with Crippen molar-refractivity contribution < 1.29 is 13.2 Å². The molecule has 1 saturated heterocycles. The van der Waals surface area contributed by atoms with E-state index in [0.29, 0.717) is 18.9 Å². The zero-order chi connectivity index (χ0) is 20.3. The Morgan fingerprint density at radius 2 is 1.96 bits per heavy atom. The molecule has 1 atom stereocenters. The van der Waals surface area contributed by atoms with Crippen LogP contribution in [0.5, 0.6) is 0 Å². The fourth-order valence-electron chi connectivity index (χ4n) is 3.19. The number of piperidine rings is 1. The van der Waals surface area contributed by atoms with Crippen molar-refractivity contribution in [1.82, 2.24) is 15.1 Å². The molecule has 3 N–H and O–H groups in total. The maximum atomic E-state index is 12.6. The van der Waals surface area contributed by atoms with Crippen LogP contribution >= 0.6 is 0 Å². The van der Waals surface area contributed by atoms with Gasteiger partial charge in [-0.25, -0.2) is 18.2 Å². The fraction of sp³-hybridized carbons (Fsp3) is 0.389. The van der Waals surface area contributed by atoms with Crippen LogP contribution < -0.4 is 20.9 Å². The van der Waals surface area contributed by atoms with Crippen LogP contribution in [0.2, 0.25) is 0 Å². The Kier molecular flexibility index (Phi) is 5.80. The topological polar surface area (TPSA) is 127 Å². The predicted molar refractivity (Wildman–Crippen MR) is 104 cm³/mol. The van der Waals surface area contributed by atoms with Crippen LogP contribution in [0.25, 0.3) is 0 Å². The van der Waals surface area contributed by atoms with E-state index in [9.17, 15) is 18.0 Å². The summed E-state index contributed by atoms with van der Waals surface area (Å²) < 4.78 is 23.8. The number of carbonyl (C=O) groups excluding carboxylic acids is 1. The molecule has 1 aliphatic heterocycles. The summed E-state index contributed by atoms with van der Waals surface area (Å²) in [6.07, 6.45) is 1.63. The third kappa shape index (κ3) is 4.76. The van der Waals surface area contributed by atoms with Crippen molar-refractivity contribution in [1.29, 1.82) is 0 Å². The molecule has 3 rings (SSSR count). The molecule has 1 aromatic carbocycles. The lowest BCUT2D eigenvalue weighted by atomic mass is 9.97. The molecule has 1 aliphatic rings. The van der Waals surface area contributed by atoms with Crippen LogP contribution in [0.4, 0.5) is 5.82 Å². The first-order valence-corrected chi connectivity index (χ1v) is 10.5. The SMILES string of the molecule is Cn1nc(N2CCC[C@H](C(=O)NCc3ccc(S(N)(=O)=O)cc3)C2)ccc1=O. The molecule has 1 amide bonds. The van der Waals surface area contributed by atoms with E-state index in [2.05, 4.69) is 10.4 Å². The van der Waals surface area contributed by atoms with E-state index in [0.717, 1.165) is 24.9 Å². The smallest absolute Gasteiger partial charge is 0.266 e. The molecule has 0 bridgehead atoms. The number of rotatable bonds is 5. The third-order valence-corrected chi connectivity index (χ3v) is 5.71. The average molecular weight is 405 g/mol. The number of sulfonamides is 1. The molecule has 0 radical (unpaired) electrons. The number of nitrogens with two attached hydrogens (primary N) is 1. The van der Waals surface area contributed by atoms with Gasteiger partial charge < -0.3 is 10.2 Å². The summed E-state index contributed by atoms with van der Waals surface area (Å²) in [5, 5.41) is 12.2. The van der Waals surface area contributed by atoms with Crippen molar-refractivity contribution in [2.24, 2.45) is 18.1 Å². The predicted octanol–water partition coefficient (Wildman–Crippen LogP) is -0.0395. The van der Waals surface area contributed by atoms with Gasteiger partial charge in [0, 0.05) is 32.7 Å². The molecular weight excluding hydrogens is 382 g/mol. The van der Waals surface area contributed by atoms with Crippen LogP contribution in [-0.4, -0.2) is 37.2 Å². The van der Waals surface area contributed by atoms with Crippen LogP contribution in [0, 0.1) is 5.92 Å². The van der Waals surface area contributed by atoms with Crippen LogP contribution in [0.3, 0.4) is 0 Å². The number of nitrogens with zero attached hydrogens (tertiary/aromatic N) is 3. The van der Waals surface area contributed by atoms with Gasteiger partial charge >= 0.3 is 0 Å². The molecule has 2 aromatic rings. The second-order valence-corrected chi connectivity index (χ2v) is 8.41. The highest BCUT2D eigenvalue weighted by molar-refractivity contribution is 7.89. The van der Waals surface area contributed by atoms with Crippen molar-refractivity contribution in [3.05, 3.63) is 52.3 Å². The van der Waals surface area contributed by atoms with Gasteiger partial charge in [-0.1, -0.05) is 12.1 Å². The first-order chi connectivity index (χ1) is 13.2. The zero-order valence-corrected chi connectivity index (χ0v) is 16.4. The maximum Gasteiger partial charge on any atom is 0.266 e. The Balaban J connectivity index is 1.59. The molecular formula is C18H23N5O4S. The lowest BCUT2D eigenvalue weighted by Crippen LogP contribution is -2.43. The highest BCUT2D eigenvalue weighted by Crippen LogP contribution is 2.21. The highest BCUT2D eigenvalue weighted by atomic mass is 32.2. The molecule has 9 nitrogen and oxygen atoms in total. The summed E-state index contributed by atoms with van der Waals surface area (Å²) in [5.41, 5.74) is 0.608.